The van der Waals surface area contributed by atoms with Crippen molar-refractivity contribution in [1.29, 1.82) is 0 Å². The molecular weight excluding hydrogens is 302 g/mol. The number of aliphatic hydroxyl groups excluding tert-OH is 1. The van der Waals surface area contributed by atoms with Gasteiger partial charge < -0.3 is 10.4 Å². The third-order valence-corrected chi connectivity index (χ3v) is 4.60. The summed E-state index contributed by atoms with van der Waals surface area (Å²) in [6.45, 7) is 2.01. The third-order valence-electron chi connectivity index (χ3n) is 4.60. The molecule has 0 fully saturated rings. The molecule has 4 heteroatoms. The molecule has 0 bridgehead atoms. The molecule has 1 unspecified atom stereocenters. The van der Waals surface area contributed by atoms with Crippen LogP contribution >= 0.6 is 0 Å². The number of ketones is 1. The molecule has 0 radical (unpaired) electrons. The molecule has 2 aromatic rings. The Hall–Kier alpha value is -2.46. The van der Waals surface area contributed by atoms with Crippen LogP contribution in [0.4, 0.5) is 0 Å². The van der Waals surface area contributed by atoms with Gasteiger partial charge in [-0.3, -0.25) is 9.59 Å². The number of amides is 1. The van der Waals surface area contributed by atoms with Crippen molar-refractivity contribution in [2.45, 2.75) is 25.7 Å². The highest BCUT2D eigenvalue weighted by Gasteiger charge is 2.23. The molecule has 0 heterocycles. The van der Waals surface area contributed by atoms with Gasteiger partial charge in [0.05, 0.1) is 12.5 Å². The lowest BCUT2D eigenvalue weighted by molar-refractivity contribution is -0.122. The standard InChI is InChI=1S/C20H21NO3/c1-13(20(24)21-10-11-22)15-8-9-18-16(12-15)7-6-14-4-2-3-5-17(14)19(18)23/h2-5,8-9,12-13,22H,6-7,10-11H2,1H3,(H,21,24). The van der Waals surface area contributed by atoms with Crippen molar-refractivity contribution in [2.75, 3.05) is 13.2 Å². The first kappa shape index (κ1) is 16.4. The van der Waals surface area contributed by atoms with Crippen LogP contribution in [0, 0.1) is 0 Å². The molecule has 0 aromatic heterocycles. The third kappa shape index (κ3) is 3.10. The molecule has 1 aliphatic rings. The Morgan fingerprint density at radius 2 is 1.83 bits per heavy atom. The SMILES string of the molecule is CC(C(=O)NCCO)c1ccc2c(c1)CCc1ccccc1C2=O. The first-order valence-corrected chi connectivity index (χ1v) is 8.26. The number of carbonyl (C=O) groups excluding carboxylic acids is 2. The maximum absolute atomic E-state index is 12.8. The molecule has 1 amide bonds. The Kier molecular flexibility index (Phi) is 4.76. The highest BCUT2D eigenvalue weighted by atomic mass is 16.3. The lowest BCUT2D eigenvalue weighted by Gasteiger charge is -2.14. The van der Waals surface area contributed by atoms with Crippen molar-refractivity contribution < 1.29 is 14.7 Å². The summed E-state index contributed by atoms with van der Waals surface area (Å²) in [6.07, 6.45) is 1.61. The van der Waals surface area contributed by atoms with Gasteiger partial charge in [0.15, 0.2) is 5.78 Å². The number of hydrogen-bond donors (Lipinski definition) is 2. The van der Waals surface area contributed by atoms with E-state index in [9.17, 15) is 9.59 Å². The van der Waals surface area contributed by atoms with Crippen LogP contribution in [0.15, 0.2) is 42.5 Å². The lowest BCUT2D eigenvalue weighted by atomic mass is 9.92. The number of aryl methyl sites for hydroxylation is 2. The Labute approximate surface area is 141 Å². The quantitative estimate of drug-likeness (QED) is 0.907. The summed E-state index contributed by atoms with van der Waals surface area (Å²) in [5, 5.41) is 11.5. The lowest BCUT2D eigenvalue weighted by Crippen LogP contribution is -2.30. The molecule has 1 atom stereocenters. The van der Waals surface area contributed by atoms with E-state index in [4.69, 9.17) is 5.11 Å². The molecule has 124 valence electrons. The topological polar surface area (TPSA) is 66.4 Å². The summed E-state index contributed by atoms with van der Waals surface area (Å²) in [5.74, 6) is -0.378. The number of nitrogens with one attached hydrogen (secondary N) is 1. The summed E-state index contributed by atoms with van der Waals surface area (Å²) in [7, 11) is 0. The van der Waals surface area contributed by atoms with E-state index in [0.717, 1.165) is 40.7 Å². The number of fused-ring (bicyclic) bond motifs is 2. The summed E-state index contributed by atoms with van der Waals surface area (Å²) < 4.78 is 0. The molecule has 24 heavy (non-hydrogen) atoms. The van der Waals surface area contributed by atoms with Crippen LogP contribution < -0.4 is 5.32 Å². The fourth-order valence-electron chi connectivity index (χ4n) is 3.17. The van der Waals surface area contributed by atoms with Crippen LogP contribution in [0.2, 0.25) is 0 Å². The second-order valence-corrected chi connectivity index (χ2v) is 6.14. The first-order valence-electron chi connectivity index (χ1n) is 8.26. The number of rotatable bonds is 4. The normalized spacial score (nSPS) is 14.3. The summed E-state index contributed by atoms with van der Waals surface area (Å²) in [4.78, 5) is 24.9. The second-order valence-electron chi connectivity index (χ2n) is 6.14. The number of hydrogen-bond acceptors (Lipinski definition) is 3. The summed E-state index contributed by atoms with van der Waals surface area (Å²) >= 11 is 0. The average molecular weight is 323 g/mol. The minimum atomic E-state index is -0.317. The molecule has 2 N–H and O–H groups in total. The fourth-order valence-corrected chi connectivity index (χ4v) is 3.17. The van der Waals surface area contributed by atoms with E-state index in [-0.39, 0.29) is 30.8 Å². The van der Waals surface area contributed by atoms with Crippen molar-refractivity contribution in [3.8, 4) is 0 Å². The van der Waals surface area contributed by atoms with Gasteiger partial charge >= 0.3 is 0 Å². The Bertz CT molecular complexity index is 782. The smallest absolute Gasteiger partial charge is 0.227 e. The largest absolute Gasteiger partial charge is 0.395 e. The molecule has 1 aliphatic carbocycles. The molecular formula is C20H21NO3. The van der Waals surface area contributed by atoms with Gasteiger partial charge in [-0.1, -0.05) is 42.5 Å². The van der Waals surface area contributed by atoms with E-state index in [1.165, 1.54) is 0 Å². The van der Waals surface area contributed by atoms with E-state index in [2.05, 4.69) is 5.32 Å². The van der Waals surface area contributed by atoms with Crippen molar-refractivity contribution in [3.63, 3.8) is 0 Å². The predicted octanol–water partition coefficient (Wildman–Crippen LogP) is 2.23. The van der Waals surface area contributed by atoms with E-state index < -0.39 is 0 Å². The van der Waals surface area contributed by atoms with E-state index in [1.807, 2.05) is 49.4 Å². The monoisotopic (exact) mass is 323 g/mol. The van der Waals surface area contributed by atoms with Gasteiger partial charge in [-0.25, -0.2) is 0 Å². The maximum Gasteiger partial charge on any atom is 0.227 e. The van der Waals surface area contributed by atoms with Gasteiger partial charge in [-0.05, 0) is 36.5 Å². The zero-order chi connectivity index (χ0) is 17.1. The van der Waals surface area contributed by atoms with Crippen LogP contribution in [-0.4, -0.2) is 29.9 Å². The second kappa shape index (κ2) is 6.97. The fraction of sp³-hybridized carbons (Fsp3) is 0.300. The Morgan fingerprint density at radius 3 is 2.62 bits per heavy atom. The average Bonchev–Trinajstić information content (AvgIpc) is 2.76. The van der Waals surface area contributed by atoms with Gasteiger partial charge in [-0.2, -0.15) is 0 Å². The van der Waals surface area contributed by atoms with E-state index >= 15 is 0 Å². The Balaban J connectivity index is 1.90. The van der Waals surface area contributed by atoms with Gasteiger partial charge in [0.1, 0.15) is 0 Å². The zero-order valence-corrected chi connectivity index (χ0v) is 13.7. The maximum atomic E-state index is 12.8. The molecule has 3 rings (SSSR count). The summed E-state index contributed by atoms with van der Waals surface area (Å²) in [5.41, 5.74) is 4.47. The predicted molar refractivity (Wildman–Crippen MR) is 92.2 cm³/mol. The molecule has 0 spiro atoms. The minimum absolute atomic E-state index is 0.0574. The van der Waals surface area contributed by atoms with Crippen LogP contribution in [0.25, 0.3) is 0 Å². The highest BCUT2D eigenvalue weighted by Crippen LogP contribution is 2.27. The number of aliphatic hydroxyl groups is 1. The van der Waals surface area contributed by atoms with E-state index in [0.29, 0.717) is 0 Å². The Morgan fingerprint density at radius 1 is 1.12 bits per heavy atom. The van der Waals surface area contributed by atoms with Gasteiger partial charge in [0.2, 0.25) is 5.91 Å². The molecule has 0 saturated carbocycles. The van der Waals surface area contributed by atoms with Crippen LogP contribution in [0.3, 0.4) is 0 Å². The minimum Gasteiger partial charge on any atom is -0.395 e. The van der Waals surface area contributed by atoms with Crippen LogP contribution in [0.5, 0.6) is 0 Å². The van der Waals surface area contributed by atoms with Crippen molar-refractivity contribution in [1.82, 2.24) is 5.32 Å². The van der Waals surface area contributed by atoms with Crippen LogP contribution in [0.1, 0.15) is 45.5 Å². The van der Waals surface area contributed by atoms with Crippen molar-refractivity contribution in [2.24, 2.45) is 0 Å². The zero-order valence-electron chi connectivity index (χ0n) is 13.7. The number of carbonyl (C=O) groups is 2. The van der Waals surface area contributed by atoms with Crippen molar-refractivity contribution in [3.05, 3.63) is 70.3 Å². The van der Waals surface area contributed by atoms with Crippen molar-refractivity contribution >= 4 is 11.7 Å². The van der Waals surface area contributed by atoms with Gasteiger partial charge in [0, 0.05) is 17.7 Å². The molecule has 0 aliphatic heterocycles. The molecule has 2 aromatic carbocycles. The highest BCUT2D eigenvalue weighted by molar-refractivity contribution is 6.11. The van der Waals surface area contributed by atoms with Gasteiger partial charge in [-0.15, -0.1) is 0 Å². The molecule has 0 saturated heterocycles. The van der Waals surface area contributed by atoms with Gasteiger partial charge in [0.25, 0.3) is 0 Å². The van der Waals surface area contributed by atoms with E-state index in [1.54, 1.807) is 0 Å². The number of benzene rings is 2. The molecule has 4 nitrogen and oxygen atoms in total. The first-order chi connectivity index (χ1) is 11.6. The van der Waals surface area contributed by atoms with Crippen LogP contribution in [-0.2, 0) is 17.6 Å². The summed E-state index contributed by atoms with van der Waals surface area (Å²) in [6, 6.07) is 13.4.